The van der Waals surface area contributed by atoms with Crippen LogP contribution in [-0.4, -0.2) is 80.5 Å². The van der Waals surface area contributed by atoms with Crippen LogP contribution in [0.4, 0.5) is 0 Å². The summed E-state index contributed by atoms with van der Waals surface area (Å²) in [6, 6.07) is -0.585. The van der Waals surface area contributed by atoms with E-state index in [1.165, 1.54) is 0 Å². The molecule has 1 aliphatic heterocycles. The number of hydrogen-bond acceptors (Lipinski definition) is 6. The second-order valence-corrected chi connectivity index (χ2v) is 5.00. The normalized spacial score (nSPS) is 32.4. The zero-order chi connectivity index (χ0) is 14.4. The number of unbranched alkanes of at least 4 members (excludes halogenated alkanes) is 2. The van der Waals surface area contributed by atoms with Gasteiger partial charge in [0.2, 0.25) is 0 Å². The van der Waals surface area contributed by atoms with Gasteiger partial charge in [-0.15, -0.1) is 0 Å². The Balaban J connectivity index is 2.36. The molecule has 7 nitrogen and oxygen atoms in total. The summed E-state index contributed by atoms with van der Waals surface area (Å²) in [6.45, 7) is 0.453. The second kappa shape index (κ2) is 7.76. The number of hydrogen-bond donors (Lipinski definition) is 5. The molecule has 1 fully saturated rings. The van der Waals surface area contributed by atoms with Crippen molar-refractivity contribution in [2.75, 3.05) is 19.7 Å². The van der Waals surface area contributed by atoms with Crippen LogP contribution in [-0.2, 0) is 4.79 Å². The van der Waals surface area contributed by atoms with Crippen LogP contribution < -0.4 is 0 Å². The highest BCUT2D eigenvalue weighted by atomic mass is 16.4. The number of aliphatic hydroxyl groups excluding tert-OH is 4. The largest absolute Gasteiger partial charge is 0.481 e. The monoisotopic (exact) mass is 277 g/mol. The highest BCUT2D eigenvalue weighted by molar-refractivity contribution is 5.66. The van der Waals surface area contributed by atoms with E-state index >= 15 is 0 Å². The predicted molar refractivity (Wildman–Crippen MR) is 66.6 cm³/mol. The molecule has 1 heterocycles. The van der Waals surface area contributed by atoms with Gasteiger partial charge in [0.25, 0.3) is 0 Å². The van der Waals surface area contributed by atoms with Gasteiger partial charge < -0.3 is 25.5 Å². The van der Waals surface area contributed by atoms with E-state index < -0.39 is 30.3 Å². The SMILES string of the molecule is O=C(O)CCCCCN1C[C@H](O)[C@H](O)[C@H](O)[C@H]1CO. The van der Waals surface area contributed by atoms with Crippen LogP contribution in [0.15, 0.2) is 0 Å². The number of nitrogens with zero attached hydrogens (tertiary/aromatic N) is 1. The molecule has 5 N–H and O–H groups in total. The number of piperidine rings is 1. The first-order chi connectivity index (χ1) is 8.97. The summed E-state index contributed by atoms with van der Waals surface area (Å²) in [5.74, 6) is -0.819. The van der Waals surface area contributed by atoms with Gasteiger partial charge >= 0.3 is 5.97 Å². The van der Waals surface area contributed by atoms with E-state index in [4.69, 9.17) is 5.11 Å². The molecule has 0 aromatic rings. The Hall–Kier alpha value is -0.730. The van der Waals surface area contributed by atoms with Gasteiger partial charge in [-0.3, -0.25) is 9.69 Å². The molecule has 1 rings (SSSR count). The Labute approximate surface area is 112 Å². The average Bonchev–Trinajstić information content (AvgIpc) is 2.35. The Morgan fingerprint density at radius 1 is 1.11 bits per heavy atom. The number of carbonyl (C=O) groups is 1. The zero-order valence-corrected chi connectivity index (χ0v) is 10.9. The summed E-state index contributed by atoms with van der Waals surface area (Å²) < 4.78 is 0. The smallest absolute Gasteiger partial charge is 0.303 e. The summed E-state index contributed by atoms with van der Waals surface area (Å²) in [5.41, 5.74) is 0. The van der Waals surface area contributed by atoms with E-state index in [1.807, 2.05) is 0 Å². The Morgan fingerprint density at radius 2 is 1.79 bits per heavy atom. The lowest BCUT2D eigenvalue weighted by molar-refractivity contribution is -0.145. The lowest BCUT2D eigenvalue weighted by Crippen LogP contribution is -2.62. The molecule has 112 valence electrons. The van der Waals surface area contributed by atoms with Crippen LogP contribution in [0.25, 0.3) is 0 Å². The van der Waals surface area contributed by atoms with Crippen molar-refractivity contribution >= 4 is 5.97 Å². The van der Waals surface area contributed by atoms with Gasteiger partial charge in [-0.25, -0.2) is 0 Å². The van der Waals surface area contributed by atoms with Gasteiger partial charge in [0.05, 0.1) is 18.8 Å². The summed E-state index contributed by atoms with van der Waals surface area (Å²) in [5, 5.41) is 46.6. The van der Waals surface area contributed by atoms with Crippen molar-refractivity contribution in [3.05, 3.63) is 0 Å². The highest BCUT2D eigenvalue weighted by Gasteiger charge is 2.40. The van der Waals surface area contributed by atoms with Crippen molar-refractivity contribution < 1.29 is 30.3 Å². The van der Waals surface area contributed by atoms with Gasteiger partial charge in [-0.05, 0) is 19.4 Å². The second-order valence-electron chi connectivity index (χ2n) is 5.00. The molecule has 1 aliphatic rings. The molecule has 0 spiro atoms. The maximum Gasteiger partial charge on any atom is 0.303 e. The summed E-state index contributed by atoms with van der Waals surface area (Å²) >= 11 is 0. The van der Waals surface area contributed by atoms with Crippen LogP contribution in [0, 0.1) is 0 Å². The first kappa shape index (κ1) is 16.3. The molecule has 0 radical (unpaired) electrons. The van der Waals surface area contributed by atoms with Crippen LogP contribution >= 0.6 is 0 Å². The predicted octanol–water partition coefficient (Wildman–Crippen LogP) is -1.61. The van der Waals surface area contributed by atoms with Gasteiger partial charge in [-0.1, -0.05) is 6.42 Å². The fraction of sp³-hybridized carbons (Fsp3) is 0.917. The maximum atomic E-state index is 10.3. The molecule has 0 bridgehead atoms. The third kappa shape index (κ3) is 4.70. The fourth-order valence-electron chi connectivity index (χ4n) is 2.40. The quantitative estimate of drug-likeness (QED) is 0.355. The number of aliphatic hydroxyl groups is 4. The molecular formula is C12H23NO6. The van der Waals surface area contributed by atoms with Crippen molar-refractivity contribution in [3.63, 3.8) is 0 Å². The van der Waals surface area contributed by atoms with Gasteiger partial charge in [-0.2, -0.15) is 0 Å². The number of rotatable bonds is 7. The van der Waals surface area contributed by atoms with Crippen molar-refractivity contribution in [2.24, 2.45) is 0 Å². The molecule has 19 heavy (non-hydrogen) atoms. The van der Waals surface area contributed by atoms with Crippen LogP contribution in [0.2, 0.25) is 0 Å². The van der Waals surface area contributed by atoms with E-state index in [2.05, 4.69) is 0 Å². The van der Waals surface area contributed by atoms with E-state index in [1.54, 1.807) is 4.90 Å². The molecule has 0 amide bonds. The molecule has 0 aromatic carbocycles. The minimum atomic E-state index is -1.24. The van der Waals surface area contributed by atoms with E-state index in [-0.39, 0.29) is 19.6 Å². The van der Waals surface area contributed by atoms with Crippen LogP contribution in [0.3, 0.4) is 0 Å². The number of β-amino-alcohol motifs (C(OH)–C–C–N with tert-alkyl or cyclic N) is 1. The summed E-state index contributed by atoms with van der Waals surface area (Å²) in [6.07, 6.45) is -1.27. The molecule has 0 saturated carbocycles. The minimum absolute atomic E-state index is 0.132. The molecule has 4 atom stereocenters. The van der Waals surface area contributed by atoms with E-state index in [0.717, 1.165) is 12.8 Å². The first-order valence-corrected chi connectivity index (χ1v) is 6.58. The van der Waals surface area contributed by atoms with E-state index in [9.17, 15) is 25.2 Å². The average molecular weight is 277 g/mol. The minimum Gasteiger partial charge on any atom is -0.481 e. The fourth-order valence-corrected chi connectivity index (χ4v) is 2.40. The number of carboxylic acids is 1. The first-order valence-electron chi connectivity index (χ1n) is 6.58. The van der Waals surface area contributed by atoms with Crippen molar-refractivity contribution in [2.45, 2.75) is 50.0 Å². The van der Waals surface area contributed by atoms with E-state index in [0.29, 0.717) is 13.0 Å². The van der Waals surface area contributed by atoms with Gasteiger partial charge in [0, 0.05) is 13.0 Å². The van der Waals surface area contributed by atoms with Gasteiger partial charge in [0.15, 0.2) is 0 Å². The van der Waals surface area contributed by atoms with Crippen molar-refractivity contribution in [1.82, 2.24) is 4.90 Å². The lowest BCUT2D eigenvalue weighted by Gasteiger charge is -2.43. The van der Waals surface area contributed by atoms with Crippen molar-refractivity contribution in [1.29, 1.82) is 0 Å². The highest BCUT2D eigenvalue weighted by Crippen LogP contribution is 2.19. The maximum absolute atomic E-state index is 10.3. The Morgan fingerprint density at radius 3 is 2.37 bits per heavy atom. The zero-order valence-electron chi connectivity index (χ0n) is 10.9. The molecule has 1 saturated heterocycles. The number of likely N-dealkylation sites (tertiary alicyclic amines) is 1. The Bertz CT molecular complexity index is 287. The van der Waals surface area contributed by atoms with Crippen molar-refractivity contribution in [3.8, 4) is 0 Å². The lowest BCUT2D eigenvalue weighted by atomic mass is 9.94. The molecule has 7 heteroatoms. The molecule has 0 aliphatic carbocycles. The van der Waals surface area contributed by atoms with Gasteiger partial charge in [0.1, 0.15) is 12.2 Å². The summed E-state index contributed by atoms with van der Waals surface area (Å²) in [4.78, 5) is 12.1. The third-order valence-electron chi connectivity index (χ3n) is 3.55. The molecular weight excluding hydrogens is 254 g/mol. The number of aliphatic carboxylic acids is 1. The van der Waals surface area contributed by atoms with Crippen LogP contribution in [0.5, 0.6) is 0 Å². The standard InChI is InChI=1S/C12H23NO6/c14-7-8-11(18)12(19)9(15)6-13(8)5-3-1-2-4-10(16)17/h8-9,11-12,14-15,18-19H,1-7H2,(H,16,17)/t8-,9+,11-,12+/m1/s1. The third-order valence-corrected chi connectivity index (χ3v) is 3.55. The Kier molecular flexibility index (Phi) is 6.67. The molecule has 0 aromatic heterocycles. The summed E-state index contributed by atoms with van der Waals surface area (Å²) in [7, 11) is 0. The number of carboxylic acid groups (broad SMARTS) is 1. The topological polar surface area (TPSA) is 121 Å². The molecule has 0 unspecified atom stereocenters. The van der Waals surface area contributed by atoms with Crippen LogP contribution in [0.1, 0.15) is 25.7 Å².